The van der Waals surface area contributed by atoms with E-state index in [1.54, 1.807) is 18.2 Å². The molecule has 0 heterocycles. The molecule has 0 atom stereocenters. The summed E-state index contributed by atoms with van der Waals surface area (Å²) in [6.07, 6.45) is 4.91. The van der Waals surface area contributed by atoms with Crippen LogP contribution in [0.15, 0.2) is 23.2 Å². The minimum absolute atomic E-state index is 0.176. The van der Waals surface area contributed by atoms with Gasteiger partial charge < -0.3 is 10.2 Å². The third-order valence-electron chi connectivity index (χ3n) is 3.21. The second-order valence-electron chi connectivity index (χ2n) is 4.12. The maximum atomic E-state index is 10.5. The number of para-hydroxylation sites is 1. The number of nitrogens with zero attached hydrogens (tertiary/aromatic N) is 1. The Hall–Kier alpha value is -1.80. The number of aromatic hydroxyl groups is 2. The number of phenols is 2. The summed E-state index contributed by atoms with van der Waals surface area (Å²) in [6, 6.07) is 4.75. The molecule has 0 aromatic heterocycles. The van der Waals surface area contributed by atoms with Crippen LogP contribution in [0.4, 0.5) is 0 Å². The molecule has 4 nitrogen and oxygen atoms in total. The summed E-state index contributed by atoms with van der Waals surface area (Å²) in [5.41, 5.74) is -0.168. The molecule has 84 valence electrons. The molecule has 0 unspecified atom stereocenters. The summed E-state index contributed by atoms with van der Waals surface area (Å²) in [5, 5.41) is 19.3. The molecule has 0 saturated heterocycles. The summed E-state index contributed by atoms with van der Waals surface area (Å²) in [7, 11) is 0. The minimum atomic E-state index is -0.690. The summed E-state index contributed by atoms with van der Waals surface area (Å²) in [4.78, 5) is 14.4. The molecule has 0 bridgehead atoms. The molecule has 0 spiro atoms. The lowest BCUT2D eigenvalue weighted by atomic mass is 9.88. The van der Waals surface area contributed by atoms with E-state index in [1.807, 2.05) is 0 Å². The van der Waals surface area contributed by atoms with Gasteiger partial charge in [0, 0.05) is 5.56 Å². The highest BCUT2D eigenvalue weighted by Gasteiger charge is 2.38. The average molecular weight is 219 g/mol. The molecule has 16 heavy (non-hydrogen) atoms. The van der Waals surface area contributed by atoms with Gasteiger partial charge in [-0.3, -0.25) is 0 Å². The monoisotopic (exact) mass is 219 g/mol. The first kappa shape index (κ1) is 10.7. The molecule has 2 N–H and O–H groups in total. The Kier molecular flexibility index (Phi) is 2.67. The third kappa shape index (κ3) is 1.57. The zero-order valence-corrected chi connectivity index (χ0v) is 8.81. The highest BCUT2D eigenvalue weighted by atomic mass is 16.3. The molecule has 0 amide bonds. The fraction of sp³-hybridized carbons (Fsp3) is 0.417. The second-order valence-corrected chi connectivity index (χ2v) is 4.12. The van der Waals surface area contributed by atoms with Gasteiger partial charge in [0.15, 0.2) is 11.5 Å². The van der Waals surface area contributed by atoms with Crippen LogP contribution in [0.3, 0.4) is 0 Å². The highest BCUT2D eigenvalue weighted by molar-refractivity contribution is 5.50. The lowest BCUT2D eigenvalue weighted by Crippen LogP contribution is -2.18. The van der Waals surface area contributed by atoms with Crippen molar-refractivity contribution in [1.29, 1.82) is 0 Å². The SMILES string of the molecule is O=C=NC1(c2cccc(O)c2O)CCCC1. The van der Waals surface area contributed by atoms with Gasteiger partial charge >= 0.3 is 0 Å². The van der Waals surface area contributed by atoms with Crippen LogP contribution in [0.25, 0.3) is 0 Å². The standard InChI is InChI=1S/C12H13NO3/c14-8-13-12(6-1-2-7-12)9-4-3-5-10(15)11(9)16/h3-5,15-16H,1-2,6-7H2. The Morgan fingerprint density at radius 1 is 1.25 bits per heavy atom. The van der Waals surface area contributed by atoms with Crippen LogP contribution in [-0.2, 0) is 10.3 Å². The quantitative estimate of drug-likeness (QED) is 0.455. The van der Waals surface area contributed by atoms with Crippen molar-refractivity contribution >= 4 is 6.08 Å². The van der Waals surface area contributed by atoms with Crippen molar-refractivity contribution in [1.82, 2.24) is 0 Å². The van der Waals surface area contributed by atoms with E-state index < -0.39 is 5.54 Å². The van der Waals surface area contributed by atoms with Gasteiger partial charge in [0.05, 0.1) is 0 Å². The predicted octanol–water partition coefficient (Wildman–Crippen LogP) is 2.20. The van der Waals surface area contributed by atoms with E-state index in [2.05, 4.69) is 4.99 Å². The normalized spacial score (nSPS) is 18.0. The van der Waals surface area contributed by atoms with Gasteiger partial charge in [-0.2, -0.15) is 4.99 Å². The third-order valence-corrected chi connectivity index (χ3v) is 3.21. The Morgan fingerprint density at radius 2 is 1.94 bits per heavy atom. The molecule has 1 saturated carbocycles. The lowest BCUT2D eigenvalue weighted by molar-refractivity contribution is 0.373. The van der Waals surface area contributed by atoms with Gasteiger partial charge in [0.25, 0.3) is 0 Å². The number of isocyanates is 1. The summed E-state index contributed by atoms with van der Waals surface area (Å²) >= 11 is 0. The summed E-state index contributed by atoms with van der Waals surface area (Å²) in [6.45, 7) is 0. The minimum Gasteiger partial charge on any atom is -0.504 e. The number of hydrogen-bond donors (Lipinski definition) is 2. The van der Waals surface area contributed by atoms with Gasteiger partial charge in [0.2, 0.25) is 6.08 Å². The van der Waals surface area contributed by atoms with E-state index in [9.17, 15) is 15.0 Å². The van der Waals surface area contributed by atoms with E-state index in [-0.39, 0.29) is 11.5 Å². The number of benzene rings is 1. The first-order valence-electron chi connectivity index (χ1n) is 5.30. The molecule has 1 aromatic carbocycles. The predicted molar refractivity (Wildman–Crippen MR) is 58.0 cm³/mol. The molecule has 1 aliphatic carbocycles. The molecule has 4 heteroatoms. The van der Waals surface area contributed by atoms with Crippen molar-refractivity contribution in [3.05, 3.63) is 23.8 Å². The van der Waals surface area contributed by atoms with E-state index in [4.69, 9.17) is 0 Å². The largest absolute Gasteiger partial charge is 0.504 e. The molecule has 0 radical (unpaired) electrons. The number of rotatable bonds is 2. The van der Waals surface area contributed by atoms with Crippen LogP contribution in [0.2, 0.25) is 0 Å². The van der Waals surface area contributed by atoms with Gasteiger partial charge in [-0.05, 0) is 18.9 Å². The van der Waals surface area contributed by atoms with Crippen LogP contribution in [-0.4, -0.2) is 16.3 Å². The number of carbonyl (C=O) groups excluding carboxylic acids is 1. The summed E-state index contributed by atoms with van der Waals surface area (Å²) < 4.78 is 0. The van der Waals surface area contributed by atoms with Crippen LogP contribution >= 0.6 is 0 Å². The fourth-order valence-electron chi connectivity index (χ4n) is 2.40. The molecular weight excluding hydrogens is 206 g/mol. The van der Waals surface area contributed by atoms with E-state index in [1.165, 1.54) is 6.07 Å². The van der Waals surface area contributed by atoms with E-state index in [0.29, 0.717) is 18.4 Å². The Bertz CT molecular complexity index is 444. The molecule has 1 fully saturated rings. The molecule has 0 aliphatic heterocycles. The molecule has 1 aliphatic rings. The van der Waals surface area contributed by atoms with Crippen LogP contribution in [0.5, 0.6) is 11.5 Å². The second kappa shape index (κ2) is 3.99. The van der Waals surface area contributed by atoms with Crippen LogP contribution < -0.4 is 0 Å². The zero-order chi connectivity index (χ0) is 11.6. The molecule has 2 rings (SSSR count). The van der Waals surface area contributed by atoms with Gasteiger partial charge in [-0.25, -0.2) is 4.79 Å². The number of hydrogen-bond acceptors (Lipinski definition) is 4. The van der Waals surface area contributed by atoms with Crippen molar-refractivity contribution in [2.75, 3.05) is 0 Å². The number of aliphatic imine (C=N–C) groups is 1. The van der Waals surface area contributed by atoms with Crippen LogP contribution in [0.1, 0.15) is 31.2 Å². The Morgan fingerprint density at radius 3 is 2.56 bits per heavy atom. The summed E-state index contributed by atoms with van der Waals surface area (Å²) in [5.74, 6) is -0.353. The first-order chi connectivity index (χ1) is 7.69. The van der Waals surface area contributed by atoms with E-state index in [0.717, 1.165) is 12.8 Å². The van der Waals surface area contributed by atoms with Gasteiger partial charge in [-0.15, -0.1) is 0 Å². The topological polar surface area (TPSA) is 69.9 Å². The van der Waals surface area contributed by atoms with Crippen molar-refractivity contribution < 1.29 is 15.0 Å². The Balaban J connectivity index is 2.55. The molecule has 1 aromatic rings. The van der Waals surface area contributed by atoms with Gasteiger partial charge in [-0.1, -0.05) is 25.0 Å². The van der Waals surface area contributed by atoms with Gasteiger partial charge in [0.1, 0.15) is 5.54 Å². The van der Waals surface area contributed by atoms with Crippen molar-refractivity contribution in [2.24, 2.45) is 4.99 Å². The maximum absolute atomic E-state index is 10.5. The fourth-order valence-corrected chi connectivity index (χ4v) is 2.40. The Labute approximate surface area is 93.3 Å². The first-order valence-corrected chi connectivity index (χ1v) is 5.30. The van der Waals surface area contributed by atoms with Crippen LogP contribution in [0, 0.1) is 0 Å². The van der Waals surface area contributed by atoms with E-state index >= 15 is 0 Å². The van der Waals surface area contributed by atoms with Crippen molar-refractivity contribution in [3.63, 3.8) is 0 Å². The zero-order valence-electron chi connectivity index (χ0n) is 8.81. The van der Waals surface area contributed by atoms with Crippen molar-refractivity contribution in [3.8, 4) is 11.5 Å². The maximum Gasteiger partial charge on any atom is 0.235 e. The smallest absolute Gasteiger partial charge is 0.235 e. The number of phenolic OH excluding ortho intramolecular Hbond substituents is 2. The molecular formula is C12H13NO3. The highest BCUT2D eigenvalue weighted by Crippen LogP contribution is 2.47. The average Bonchev–Trinajstić information content (AvgIpc) is 2.72. The lowest BCUT2D eigenvalue weighted by Gasteiger charge is -2.23. The van der Waals surface area contributed by atoms with Crippen molar-refractivity contribution in [2.45, 2.75) is 31.2 Å².